The molecule has 162 valence electrons. The quantitative estimate of drug-likeness (QED) is 0.554. The van der Waals surface area contributed by atoms with Crippen molar-refractivity contribution in [3.63, 3.8) is 0 Å². The maximum absolute atomic E-state index is 13.8. The summed E-state index contributed by atoms with van der Waals surface area (Å²) in [6.45, 7) is 0. The van der Waals surface area contributed by atoms with E-state index in [2.05, 4.69) is 20.7 Å². The van der Waals surface area contributed by atoms with Gasteiger partial charge in [0.2, 0.25) is 0 Å². The van der Waals surface area contributed by atoms with Crippen LogP contribution in [0.4, 0.5) is 24.7 Å². The summed E-state index contributed by atoms with van der Waals surface area (Å²) < 4.78 is 47.5. The van der Waals surface area contributed by atoms with Crippen molar-refractivity contribution in [3.8, 4) is 5.75 Å². The molecule has 1 aliphatic heterocycles. The van der Waals surface area contributed by atoms with E-state index in [0.717, 1.165) is 4.68 Å². The second-order valence-electron chi connectivity index (χ2n) is 6.92. The van der Waals surface area contributed by atoms with Crippen LogP contribution < -0.4 is 15.4 Å². The monoisotopic (exact) mass is 451 g/mol. The summed E-state index contributed by atoms with van der Waals surface area (Å²) >= 11 is 5.93. The molecular weight excluding hydrogens is 435 g/mol. The lowest BCUT2D eigenvalue weighted by Gasteiger charge is -2.33. The Labute approximate surface area is 180 Å². The zero-order valence-corrected chi connectivity index (χ0v) is 16.9. The summed E-state index contributed by atoms with van der Waals surface area (Å²) in [5, 5.41) is 9.54. The van der Waals surface area contributed by atoms with Crippen molar-refractivity contribution in [2.75, 3.05) is 17.7 Å². The number of carbonyl (C=O) groups excluding carboxylic acids is 1. The fourth-order valence-electron chi connectivity index (χ4n) is 3.43. The fraction of sp³-hybridized carbons (Fsp3) is 0.250. The van der Waals surface area contributed by atoms with Gasteiger partial charge < -0.3 is 15.4 Å². The van der Waals surface area contributed by atoms with Crippen molar-refractivity contribution in [1.29, 1.82) is 0 Å². The van der Waals surface area contributed by atoms with E-state index in [1.54, 1.807) is 30.3 Å². The van der Waals surface area contributed by atoms with Crippen molar-refractivity contribution in [2.24, 2.45) is 0 Å². The van der Waals surface area contributed by atoms with Crippen LogP contribution in [0.2, 0.25) is 5.15 Å². The molecule has 3 heterocycles. The smallest absolute Gasteiger partial charge is 0.410 e. The topological polar surface area (TPSA) is 81.1 Å². The van der Waals surface area contributed by atoms with Gasteiger partial charge in [-0.1, -0.05) is 23.7 Å². The molecule has 4 rings (SSSR count). The van der Waals surface area contributed by atoms with Gasteiger partial charge in [-0.2, -0.15) is 18.3 Å². The van der Waals surface area contributed by atoms with Crippen LogP contribution in [0.15, 0.2) is 48.7 Å². The molecular formula is C20H17ClF3N5O2. The third-order valence-corrected chi connectivity index (χ3v) is 5.23. The van der Waals surface area contributed by atoms with Crippen LogP contribution in [0, 0.1) is 0 Å². The number of amides is 1. The number of hydrogen-bond donors (Lipinski definition) is 2. The molecule has 31 heavy (non-hydrogen) atoms. The van der Waals surface area contributed by atoms with Gasteiger partial charge in [0, 0.05) is 18.7 Å². The first-order valence-corrected chi connectivity index (χ1v) is 9.62. The van der Waals surface area contributed by atoms with Gasteiger partial charge in [-0.05, 0) is 29.8 Å². The average molecular weight is 452 g/mol. The first-order valence-electron chi connectivity index (χ1n) is 9.25. The van der Waals surface area contributed by atoms with Crippen LogP contribution in [-0.2, 0) is 0 Å². The molecule has 0 aliphatic carbocycles. The van der Waals surface area contributed by atoms with Crippen LogP contribution in [-0.4, -0.2) is 34.0 Å². The zero-order valence-electron chi connectivity index (χ0n) is 16.2. The Kier molecular flexibility index (Phi) is 5.48. The summed E-state index contributed by atoms with van der Waals surface area (Å²) in [6.07, 6.45) is -3.40. The second-order valence-corrected chi connectivity index (χ2v) is 7.28. The minimum Gasteiger partial charge on any atom is -0.497 e. The van der Waals surface area contributed by atoms with Crippen molar-refractivity contribution in [3.05, 3.63) is 65.1 Å². The third kappa shape index (κ3) is 4.29. The van der Waals surface area contributed by atoms with E-state index in [9.17, 15) is 18.0 Å². The number of methoxy groups -OCH3 is 1. The first kappa shape index (κ1) is 21.0. The Morgan fingerprint density at radius 3 is 2.81 bits per heavy atom. The number of halogens is 4. The molecule has 2 aromatic heterocycles. The number of fused-ring (bicyclic) bond motifs is 1. The Morgan fingerprint density at radius 1 is 1.29 bits per heavy atom. The minimum absolute atomic E-state index is 0.0594. The number of nitrogens with one attached hydrogen (secondary N) is 2. The lowest BCUT2D eigenvalue weighted by atomic mass is 9.97. The highest BCUT2D eigenvalue weighted by Crippen LogP contribution is 2.44. The lowest BCUT2D eigenvalue weighted by molar-refractivity contribution is -0.173. The SMILES string of the molecule is COc1cccc([C@@H]2C[C@@H](C(F)(F)F)n3nc(C(=O)Nc4cccnc4Cl)cc3N2)c1. The standard InChI is InChI=1S/C20H17ClF3N5O2/c1-31-12-5-2-4-11(8-12)14-9-16(20(22,23)24)29-17(26-14)10-15(28-29)19(30)27-13-6-3-7-25-18(13)21/h2-8,10,14,16,26H,9H2,1H3,(H,27,30)/t14-,16-/m0/s1. The molecule has 0 bridgehead atoms. The van der Waals surface area contributed by atoms with Crippen LogP contribution >= 0.6 is 11.6 Å². The van der Waals surface area contributed by atoms with Crippen LogP contribution in [0.3, 0.4) is 0 Å². The lowest BCUT2D eigenvalue weighted by Crippen LogP contribution is -2.35. The molecule has 3 aromatic rings. The Balaban J connectivity index is 1.66. The van der Waals surface area contributed by atoms with Gasteiger partial charge in [0.05, 0.1) is 18.8 Å². The maximum Gasteiger partial charge on any atom is 0.410 e. The number of rotatable bonds is 4. The van der Waals surface area contributed by atoms with Crippen LogP contribution in [0.1, 0.15) is 34.6 Å². The van der Waals surface area contributed by atoms with Gasteiger partial charge in [-0.25, -0.2) is 9.67 Å². The van der Waals surface area contributed by atoms with E-state index in [0.29, 0.717) is 11.3 Å². The number of aromatic nitrogens is 3. The van der Waals surface area contributed by atoms with E-state index in [1.807, 2.05) is 0 Å². The largest absolute Gasteiger partial charge is 0.497 e. The third-order valence-electron chi connectivity index (χ3n) is 4.93. The molecule has 7 nitrogen and oxygen atoms in total. The van der Waals surface area contributed by atoms with E-state index in [-0.39, 0.29) is 28.8 Å². The predicted octanol–water partition coefficient (Wildman–Crippen LogP) is 4.85. The molecule has 2 N–H and O–H groups in total. The Morgan fingerprint density at radius 2 is 2.10 bits per heavy atom. The molecule has 0 spiro atoms. The van der Waals surface area contributed by atoms with E-state index in [1.165, 1.54) is 25.4 Å². The fourth-order valence-corrected chi connectivity index (χ4v) is 3.59. The van der Waals surface area contributed by atoms with Crippen molar-refractivity contribution in [1.82, 2.24) is 14.8 Å². The second kappa shape index (κ2) is 8.10. The van der Waals surface area contributed by atoms with Gasteiger partial charge in [0.15, 0.2) is 16.9 Å². The molecule has 0 saturated heterocycles. The van der Waals surface area contributed by atoms with E-state index < -0.39 is 24.2 Å². The van der Waals surface area contributed by atoms with Gasteiger partial charge in [-0.3, -0.25) is 4.79 Å². The van der Waals surface area contributed by atoms with Gasteiger partial charge in [-0.15, -0.1) is 0 Å². The number of ether oxygens (including phenoxy) is 1. The first-order chi connectivity index (χ1) is 14.8. The van der Waals surface area contributed by atoms with Crippen LogP contribution in [0.5, 0.6) is 5.75 Å². The van der Waals surface area contributed by atoms with Gasteiger partial charge >= 0.3 is 6.18 Å². The van der Waals surface area contributed by atoms with Crippen molar-refractivity contribution >= 4 is 29.0 Å². The average Bonchev–Trinajstić information content (AvgIpc) is 3.18. The summed E-state index contributed by atoms with van der Waals surface area (Å²) in [7, 11) is 1.49. The molecule has 1 aromatic carbocycles. The molecule has 0 fully saturated rings. The number of carbonyl (C=O) groups is 1. The highest BCUT2D eigenvalue weighted by Gasteiger charge is 2.46. The van der Waals surface area contributed by atoms with Gasteiger partial charge in [0.1, 0.15) is 11.6 Å². The molecule has 1 amide bonds. The molecule has 0 radical (unpaired) electrons. The highest BCUT2D eigenvalue weighted by molar-refractivity contribution is 6.32. The summed E-state index contributed by atoms with van der Waals surface area (Å²) in [5.74, 6) is -0.0726. The normalized spacial score (nSPS) is 18.1. The van der Waals surface area contributed by atoms with Crippen molar-refractivity contribution < 1.29 is 22.7 Å². The minimum atomic E-state index is -4.56. The Hall–Kier alpha value is -3.27. The number of benzene rings is 1. The van der Waals surface area contributed by atoms with E-state index in [4.69, 9.17) is 16.3 Å². The maximum atomic E-state index is 13.8. The number of hydrogen-bond acceptors (Lipinski definition) is 5. The molecule has 0 unspecified atom stereocenters. The summed E-state index contributed by atoms with van der Waals surface area (Å²) in [5.41, 5.74) is 0.687. The number of nitrogens with zero attached hydrogens (tertiary/aromatic N) is 3. The zero-order chi connectivity index (χ0) is 22.2. The molecule has 2 atom stereocenters. The molecule has 11 heteroatoms. The molecule has 0 saturated carbocycles. The Bertz CT molecular complexity index is 1120. The number of anilines is 2. The van der Waals surface area contributed by atoms with Crippen molar-refractivity contribution in [2.45, 2.75) is 24.7 Å². The molecule has 1 aliphatic rings. The van der Waals surface area contributed by atoms with Crippen LogP contribution in [0.25, 0.3) is 0 Å². The predicted molar refractivity (Wildman–Crippen MR) is 108 cm³/mol. The van der Waals surface area contributed by atoms with E-state index >= 15 is 0 Å². The number of pyridine rings is 1. The highest BCUT2D eigenvalue weighted by atomic mass is 35.5. The number of alkyl halides is 3. The van der Waals surface area contributed by atoms with Gasteiger partial charge in [0.25, 0.3) is 5.91 Å². The summed E-state index contributed by atoms with van der Waals surface area (Å²) in [4.78, 5) is 16.4. The summed E-state index contributed by atoms with van der Waals surface area (Å²) in [6, 6.07) is 8.65.